The van der Waals surface area contributed by atoms with E-state index in [4.69, 9.17) is 0 Å². The molecule has 1 N–H and O–H groups in total. The van der Waals surface area contributed by atoms with Crippen molar-refractivity contribution in [2.24, 2.45) is 5.41 Å². The van der Waals surface area contributed by atoms with Gasteiger partial charge < -0.3 is 4.90 Å². The molecule has 2 aliphatic rings. The number of aromatic amines is 1. The summed E-state index contributed by atoms with van der Waals surface area (Å²) in [7, 11) is 0. The first-order valence-electron chi connectivity index (χ1n) is 8.21. The van der Waals surface area contributed by atoms with Gasteiger partial charge in [0.15, 0.2) is 5.69 Å². The van der Waals surface area contributed by atoms with Crippen LogP contribution >= 0.6 is 0 Å². The number of amides is 1. The molecule has 0 spiro atoms. The Morgan fingerprint density at radius 1 is 1.35 bits per heavy atom. The maximum atomic E-state index is 12.8. The molecule has 1 saturated carbocycles. The summed E-state index contributed by atoms with van der Waals surface area (Å²) >= 11 is 0. The van der Waals surface area contributed by atoms with Crippen molar-refractivity contribution < 1.29 is 18.0 Å². The van der Waals surface area contributed by atoms with E-state index >= 15 is 0 Å². The quantitative estimate of drug-likeness (QED) is 0.899. The van der Waals surface area contributed by atoms with Crippen molar-refractivity contribution in [1.82, 2.24) is 15.1 Å². The van der Waals surface area contributed by atoms with Crippen LogP contribution in [-0.4, -0.2) is 34.1 Å². The summed E-state index contributed by atoms with van der Waals surface area (Å²) < 4.78 is 38.0. The van der Waals surface area contributed by atoms with E-state index in [1.807, 2.05) is 11.8 Å². The number of likely N-dealkylation sites (tertiary alicyclic amines) is 1. The molecule has 128 valence electrons. The number of hydrogen-bond donors (Lipinski definition) is 1. The van der Waals surface area contributed by atoms with Crippen molar-refractivity contribution in [3.05, 3.63) is 17.5 Å². The standard InChI is InChI=1S/C16H22F3N3O/c1-15(6-2-3-7-15)14(23)22-8-4-5-11(10-22)12-9-13(21-20-12)16(17,18)19/h9,11H,2-8,10H2,1H3,(H,20,21)/t11-/m0/s1. The zero-order valence-electron chi connectivity index (χ0n) is 13.2. The van der Waals surface area contributed by atoms with Crippen LogP contribution in [0.1, 0.15) is 62.8 Å². The minimum Gasteiger partial charge on any atom is -0.342 e. The molecule has 1 aromatic heterocycles. The summed E-state index contributed by atoms with van der Waals surface area (Å²) in [5, 5.41) is 5.88. The zero-order valence-corrected chi connectivity index (χ0v) is 13.2. The van der Waals surface area contributed by atoms with E-state index in [9.17, 15) is 18.0 Å². The van der Waals surface area contributed by atoms with Crippen LogP contribution < -0.4 is 0 Å². The van der Waals surface area contributed by atoms with Gasteiger partial charge in [-0.05, 0) is 31.7 Å². The second kappa shape index (κ2) is 5.83. The molecule has 1 aromatic rings. The molecule has 0 radical (unpaired) electrons. The lowest BCUT2D eigenvalue weighted by atomic mass is 9.85. The predicted octanol–water partition coefficient (Wildman–Crippen LogP) is 3.71. The van der Waals surface area contributed by atoms with Gasteiger partial charge in [0.2, 0.25) is 5.91 Å². The third kappa shape index (κ3) is 3.23. The van der Waals surface area contributed by atoms with Crippen molar-refractivity contribution in [3.8, 4) is 0 Å². The van der Waals surface area contributed by atoms with Crippen molar-refractivity contribution in [3.63, 3.8) is 0 Å². The molecule has 4 nitrogen and oxygen atoms in total. The Morgan fingerprint density at radius 2 is 2.04 bits per heavy atom. The van der Waals surface area contributed by atoms with Crippen molar-refractivity contribution >= 4 is 5.91 Å². The van der Waals surface area contributed by atoms with Gasteiger partial charge in [0, 0.05) is 30.1 Å². The second-order valence-electron chi connectivity index (χ2n) is 7.06. The number of hydrogen-bond acceptors (Lipinski definition) is 2. The number of carbonyl (C=O) groups excluding carboxylic acids is 1. The zero-order chi connectivity index (χ0) is 16.7. The summed E-state index contributed by atoms with van der Waals surface area (Å²) in [6, 6.07) is 1.08. The number of nitrogens with one attached hydrogen (secondary N) is 1. The van der Waals surface area contributed by atoms with Gasteiger partial charge in [-0.15, -0.1) is 0 Å². The van der Waals surface area contributed by atoms with Gasteiger partial charge in [-0.3, -0.25) is 9.89 Å². The number of carbonyl (C=O) groups is 1. The Bertz CT molecular complexity index is 575. The minimum atomic E-state index is -4.43. The van der Waals surface area contributed by atoms with Crippen LogP contribution in [0, 0.1) is 5.41 Å². The van der Waals surface area contributed by atoms with E-state index in [1.165, 1.54) is 0 Å². The van der Waals surface area contributed by atoms with E-state index in [1.54, 1.807) is 0 Å². The predicted molar refractivity (Wildman–Crippen MR) is 78.7 cm³/mol. The highest BCUT2D eigenvalue weighted by atomic mass is 19.4. The van der Waals surface area contributed by atoms with Crippen molar-refractivity contribution in [2.45, 2.75) is 57.5 Å². The first kappa shape index (κ1) is 16.3. The highest BCUT2D eigenvalue weighted by molar-refractivity contribution is 5.82. The van der Waals surface area contributed by atoms with Crippen LogP contribution in [0.4, 0.5) is 13.2 Å². The third-order valence-corrected chi connectivity index (χ3v) is 5.26. The van der Waals surface area contributed by atoms with E-state index in [0.29, 0.717) is 18.8 Å². The maximum absolute atomic E-state index is 12.8. The van der Waals surface area contributed by atoms with E-state index in [-0.39, 0.29) is 17.2 Å². The summed E-state index contributed by atoms with van der Waals surface area (Å²) in [5.41, 5.74) is -0.697. The Balaban J connectivity index is 1.71. The first-order valence-corrected chi connectivity index (χ1v) is 8.21. The van der Waals surface area contributed by atoms with Gasteiger partial charge in [0.1, 0.15) is 0 Å². The number of alkyl halides is 3. The van der Waals surface area contributed by atoms with E-state index < -0.39 is 11.9 Å². The van der Waals surface area contributed by atoms with Crippen LogP contribution in [0.3, 0.4) is 0 Å². The molecule has 1 amide bonds. The maximum Gasteiger partial charge on any atom is 0.435 e. The average Bonchev–Trinajstić information content (AvgIpc) is 3.16. The lowest BCUT2D eigenvalue weighted by molar-refractivity contribution is -0.142. The number of aromatic nitrogens is 2. The molecule has 0 aromatic carbocycles. The summed E-state index contributed by atoms with van der Waals surface area (Å²) in [6.45, 7) is 3.20. The molecule has 3 rings (SSSR count). The molecule has 2 fully saturated rings. The van der Waals surface area contributed by atoms with Crippen molar-refractivity contribution in [2.75, 3.05) is 13.1 Å². The summed E-state index contributed by atoms with van der Waals surface area (Å²) in [4.78, 5) is 14.6. The molecule has 2 heterocycles. The van der Waals surface area contributed by atoms with Crippen LogP contribution in [-0.2, 0) is 11.0 Å². The molecule has 0 unspecified atom stereocenters. The SMILES string of the molecule is CC1(C(=O)N2CCC[C@H](c3cc(C(F)(F)F)n[nH]3)C2)CCCC1. The van der Waals surface area contributed by atoms with E-state index in [2.05, 4.69) is 10.2 Å². The van der Waals surface area contributed by atoms with Crippen LogP contribution in [0.2, 0.25) is 0 Å². The Labute approximate surface area is 133 Å². The fourth-order valence-electron chi connectivity index (χ4n) is 3.86. The molecule has 1 aliphatic carbocycles. The number of rotatable bonds is 2. The third-order valence-electron chi connectivity index (χ3n) is 5.26. The molecule has 1 atom stereocenters. The van der Waals surface area contributed by atoms with Crippen LogP contribution in [0.15, 0.2) is 6.07 Å². The lowest BCUT2D eigenvalue weighted by Crippen LogP contribution is -2.45. The average molecular weight is 329 g/mol. The van der Waals surface area contributed by atoms with Gasteiger partial charge in [-0.2, -0.15) is 18.3 Å². The topological polar surface area (TPSA) is 49.0 Å². The highest BCUT2D eigenvalue weighted by Crippen LogP contribution is 2.40. The second-order valence-corrected chi connectivity index (χ2v) is 7.06. The lowest BCUT2D eigenvalue weighted by Gasteiger charge is -2.37. The number of piperidine rings is 1. The number of halogens is 3. The molecular formula is C16H22F3N3O. The van der Waals surface area contributed by atoms with Crippen molar-refractivity contribution in [1.29, 1.82) is 0 Å². The Morgan fingerprint density at radius 3 is 2.65 bits per heavy atom. The molecule has 1 aliphatic heterocycles. The van der Waals surface area contributed by atoms with Gasteiger partial charge >= 0.3 is 6.18 Å². The fraction of sp³-hybridized carbons (Fsp3) is 0.750. The van der Waals surface area contributed by atoms with Gasteiger partial charge in [0.05, 0.1) is 0 Å². The normalized spacial score (nSPS) is 24.9. The Kier molecular flexibility index (Phi) is 4.14. The Hall–Kier alpha value is -1.53. The smallest absolute Gasteiger partial charge is 0.342 e. The molecular weight excluding hydrogens is 307 g/mol. The number of nitrogens with zero attached hydrogens (tertiary/aromatic N) is 2. The minimum absolute atomic E-state index is 0.0960. The molecule has 23 heavy (non-hydrogen) atoms. The van der Waals surface area contributed by atoms with Gasteiger partial charge in [0.25, 0.3) is 0 Å². The molecule has 0 bridgehead atoms. The first-order chi connectivity index (χ1) is 10.8. The number of H-pyrrole nitrogens is 1. The van der Waals surface area contributed by atoms with E-state index in [0.717, 1.165) is 44.6 Å². The monoisotopic (exact) mass is 329 g/mol. The molecule has 1 saturated heterocycles. The largest absolute Gasteiger partial charge is 0.435 e. The van der Waals surface area contributed by atoms with Gasteiger partial charge in [-0.1, -0.05) is 19.8 Å². The highest BCUT2D eigenvalue weighted by Gasteiger charge is 2.41. The molecule has 7 heteroatoms. The van der Waals surface area contributed by atoms with Gasteiger partial charge in [-0.25, -0.2) is 0 Å². The summed E-state index contributed by atoms with van der Waals surface area (Å²) in [5.74, 6) is 0.0663. The van der Waals surface area contributed by atoms with Crippen LogP contribution in [0.25, 0.3) is 0 Å². The summed E-state index contributed by atoms with van der Waals surface area (Å²) in [6.07, 6.45) is 1.14. The van der Waals surface area contributed by atoms with Crippen LogP contribution in [0.5, 0.6) is 0 Å². The fourth-order valence-corrected chi connectivity index (χ4v) is 3.86.